The van der Waals surface area contributed by atoms with E-state index in [1.165, 1.54) is 0 Å². The summed E-state index contributed by atoms with van der Waals surface area (Å²) in [4.78, 5) is 1.06. The van der Waals surface area contributed by atoms with E-state index in [1.807, 2.05) is 32.2 Å². The molecule has 0 bridgehead atoms. The van der Waals surface area contributed by atoms with E-state index < -0.39 is 0 Å². The van der Waals surface area contributed by atoms with Crippen LogP contribution >= 0.6 is 22.9 Å². The van der Waals surface area contributed by atoms with Crippen LogP contribution in [0.1, 0.15) is 31.5 Å². The van der Waals surface area contributed by atoms with E-state index in [0.717, 1.165) is 9.90 Å². The van der Waals surface area contributed by atoms with Gasteiger partial charge >= 0.3 is 6.01 Å². The molecule has 2 aromatic rings. The molecule has 0 saturated carbocycles. The highest BCUT2D eigenvalue weighted by Gasteiger charge is 2.21. The summed E-state index contributed by atoms with van der Waals surface area (Å²) in [6, 6.07) is 2.30. The Kier molecular flexibility index (Phi) is 3.40. The number of thiophene rings is 1. The molecule has 0 aliphatic heterocycles. The number of nitrogens with one attached hydrogen (secondary N) is 1. The highest BCUT2D eigenvalue weighted by Crippen LogP contribution is 2.24. The Morgan fingerprint density at radius 1 is 1.41 bits per heavy atom. The van der Waals surface area contributed by atoms with E-state index in [-0.39, 0.29) is 5.41 Å². The van der Waals surface area contributed by atoms with Crippen molar-refractivity contribution >= 4 is 29.0 Å². The fourth-order valence-electron chi connectivity index (χ4n) is 1.20. The quantitative estimate of drug-likeness (QED) is 0.925. The molecular formula is C11H14ClN3OS. The van der Waals surface area contributed by atoms with Gasteiger partial charge in [-0.05, 0) is 11.4 Å². The van der Waals surface area contributed by atoms with Crippen molar-refractivity contribution in [2.45, 2.75) is 32.7 Å². The second kappa shape index (κ2) is 4.66. The van der Waals surface area contributed by atoms with Crippen molar-refractivity contribution in [1.29, 1.82) is 0 Å². The molecule has 0 amide bonds. The predicted octanol–water partition coefficient (Wildman–Crippen LogP) is 3.69. The minimum atomic E-state index is -0.131. The second-order valence-corrected chi connectivity index (χ2v) is 6.12. The van der Waals surface area contributed by atoms with E-state index in [0.29, 0.717) is 18.5 Å². The van der Waals surface area contributed by atoms with Crippen molar-refractivity contribution in [3.05, 3.63) is 27.2 Å². The van der Waals surface area contributed by atoms with Crippen molar-refractivity contribution in [2.24, 2.45) is 0 Å². The van der Waals surface area contributed by atoms with Crippen LogP contribution in [0.5, 0.6) is 0 Å². The molecule has 6 heteroatoms. The van der Waals surface area contributed by atoms with Crippen molar-refractivity contribution < 1.29 is 4.42 Å². The zero-order valence-electron chi connectivity index (χ0n) is 9.95. The van der Waals surface area contributed by atoms with E-state index in [2.05, 4.69) is 15.5 Å². The fraction of sp³-hybridized carbons (Fsp3) is 0.455. The molecule has 1 N–H and O–H groups in total. The number of nitrogens with zero attached hydrogens (tertiary/aromatic N) is 2. The maximum absolute atomic E-state index is 5.99. The average molecular weight is 272 g/mol. The molecule has 0 saturated heterocycles. The summed E-state index contributed by atoms with van der Waals surface area (Å²) in [6.07, 6.45) is 0. The molecule has 2 aromatic heterocycles. The van der Waals surface area contributed by atoms with Crippen LogP contribution in [0.15, 0.2) is 15.9 Å². The van der Waals surface area contributed by atoms with Gasteiger partial charge in [-0.2, -0.15) is 0 Å². The number of halogens is 1. The van der Waals surface area contributed by atoms with Crippen LogP contribution in [0, 0.1) is 0 Å². The Morgan fingerprint density at radius 3 is 2.71 bits per heavy atom. The second-order valence-electron chi connectivity index (χ2n) is 4.71. The molecule has 0 fully saturated rings. The Morgan fingerprint density at radius 2 is 2.18 bits per heavy atom. The number of rotatable bonds is 3. The third kappa shape index (κ3) is 2.98. The minimum Gasteiger partial charge on any atom is -0.408 e. The molecule has 0 aliphatic carbocycles. The topological polar surface area (TPSA) is 51.0 Å². The first-order valence-corrected chi connectivity index (χ1v) is 6.52. The molecule has 0 radical (unpaired) electrons. The van der Waals surface area contributed by atoms with Crippen molar-refractivity contribution in [1.82, 2.24) is 10.2 Å². The molecular weight excluding hydrogens is 258 g/mol. The summed E-state index contributed by atoms with van der Waals surface area (Å²) >= 11 is 7.58. The Balaban J connectivity index is 2.01. The molecule has 2 rings (SSSR count). The average Bonchev–Trinajstić information content (AvgIpc) is 2.82. The van der Waals surface area contributed by atoms with Crippen LogP contribution in [0.25, 0.3) is 0 Å². The lowest BCUT2D eigenvalue weighted by molar-refractivity contribution is 0.399. The summed E-state index contributed by atoms with van der Waals surface area (Å²) < 4.78 is 5.51. The number of hydrogen-bond acceptors (Lipinski definition) is 5. The lowest BCUT2D eigenvalue weighted by atomic mass is 9.97. The molecule has 0 unspecified atom stereocenters. The van der Waals surface area contributed by atoms with Gasteiger partial charge in [-0.1, -0.05) is 37.5 Å². The van der Waals surface area contributed by atoms with Gasteiger partial charge in [0.15, 0.2) is 0 Å². The van der Waals surface area contributed by atoms with Gasteiger partial charge < -0.3 is 9.73 Å². The normalized spacial score (nSPS) is 11.8. The summed E-state index contributed by atoms with van der Waals surface area (Å²) in [5.74, 6) is 0.622. The standard InChI is InChI=1S/C11H14ClN3OS/c1-11(2,3)9-14-15-10(16-9)13-6-8-7(12)4-5-17-8/h4-5H,6H2,1-3H3,(H,13,15). The Hall–Kier alpha value is -1.07. The first kappa shape index (κ1) is 12.4. The van der Waals surface area contributed by atoms with Crippen LogP contribution in [0.4, 0.5) is 6.01 Å². The smallest absolute Gasteiger partial charge is 0.315 e. The number of hydrogen-bond donors (Lipinski definition) is 1. The number of aromatic nitrogens is 2. The molecule has 0 aliphatic rings. The molecule has 17 heavy (non-hydrogen) atoms. The maximum Gasteiger partial charge on any atom is 0.315 e. The van der Waals surface area contributed by atoms with Gasteiger partial charge in [-0.25, -0.2) is 0 Å². The third-order valence-electron chi connectivity index (χ3n) is 2.16. The van der Waals surface area contributed by atoms with Gasteiger partial charge in [0.05, 0.1) is 11.6 Å². The monoisotopic (exact) mass is 271 g/mol. The Labute approximate surface area is 109 Å². The molecule has 0 atom stereocenters. The maximum atomic E-state index is 5.99. The molecule has 4 nitrogen and oxygen atoms in total. The zero-order chi connectivity index (χ0) is 12.5. The minimum absolute atomic E-state index is 0.131. The SMILES string of the molecule is CC(C)(C)c1nnc(NCc2sccc2Cl)o1. The predicted molar refractivity (Wildman–Crippen MR) is 69.7 cm³/mol. The summed E-state index contributed by atoms with van der Waals surface area (Å²) in [7, 11) is 0. The van der Waals surface area contributed by atoms with Crippen LogP contribution in [0.3, 0.4) is 0 Å². The van der Waals surface area contributed by atoms with Gasteiger partial charge in [-0.3, -0.25) is 0 Å². The summed E-state index contributed by atoms with van der Waals surface area (Å²) in [6.45, 7) is 6.68. The van der Waals surface area contributed by atoms with E-state index in [9.17, 15) is 0 Å². The molecule has 0 aromatic carbocycles. The molecule has 2 heterocycles. The highest BCUT2D eigenvalue weighted by atomic mass is 35.5. The van der Waals surface area contributed by atoms with Crippen molar-refractivity contribution in [2.75, 3.05) is 5.32 Å². The first-order chi connectivity index (χ1) is 7.97. The molecule has 92 valence electrons. The van der Waals surface area contributed by atoms with E-state index >= 15 is 0 Å². The fourth-order valence-corrected chi connectivity index (χ4v) is 2.25. The summed E-state index contributed by atoms with van der Waals surface area (Å²) in [5, 5.41) is 13.7. The van der Waals surface area contributed by atoms with Gasteiger partial charge in [0.1, 0.15) is 0 Å². The third-order valence-corrected chi connectivity index (χ3v) is 3.54. The van der Waals surface area contributed by atoms with Gasteiger partial charge in [-0.15, -0.1) is 16.4 Å². The lowest BCUT2D eigenvalue weighted by Gasteiger charge is -2.10. The van der Waals surface area contributed by atoms with Crippen molar-refractivity contribution in [3.63, 3.8) is 0 Å². The summed E-state index contributed by atoms with van der Waals surface area (Å²) in [5.41, 5.74) is -0.131. The zero-order valence-corrected chi connectivity index (χ0v) is 11.5. The van der Waals surface area contributed by atoms with Gasteiger partial charge in [0.2, 0.25) is 5.89 Å². The van der Waals surface area contributed by atoms with Gasteiger partial charge in [0.25, 0.3) is 0 Å². The number of anilines is 1. The van der Waals surface area contributed by atoms with E-state index in [4.69, 9.17) is 16.0 Å². The van der Waals surface area contributed by atoms with Crippen molar-refractivity contribution in [3.8, 4) is 0 Å². The van der Waals surface area contributed by atoms with Crippen LogP contribution in [-0.2, 0) is 12.0 Å². The first-order valence-electron chi connectivity index (χ1n) is 5.26. The highest BCUT2D eigenvalue weighted by molar-refractivity contribution is 7.10. The Bertz CT molecular complexity index is 501. The lowest BCUT2D eigenvalue weighted by Crippen LogP contribution is -2.11. The van der Waals surface area contributed by atoms with E-state index in [1.54, 1.807) is 11.3 Å². The van der Waals surface area contributed by atoms with Gasteiger partial charge in [0, 0.05) is 10.3 Å². The van der Waals surface area contributed by atoms with Crippen LogP contribution in [0.2, 0.25) is 5.02 Å². The molecule has 0 spiro atoms. The van der Waals surface area contributed by atoms with Crippen LogP contribution in [-0.4, -0.2) is 10.2 Å². The largest absolute Gasteiger partial charge is 0.408 e. The van der Waals surface area contributed by atoms with Crippen LogP contribution < -0.4 is 5.32 Å².